The topological polar surface area (TPSA) is 46.4 Å². The molecule has 2 aromatic heterocycles. The van der Waals surface area contributed by atoms with E-state index in [9.17, 15) is 9.18 Å². The molecule has 106 valence electrons. The van der Waals surface area contributed by atoms with Crippen molar-refractivity contribution < 1.29 is 9.18 Å². The Morgan fingerprint density at radius 2 is 2.05 bits per heavy atom. The van der Waals surface area contributed by atoms with Gasteiger partial charge in [0.2, 0.25) is 0 Å². The summed E-state index contributed by atoms with van der Waals surface area (Å²) >= 11 is 11.8. The molecule has 2 heterocycles. The maximum Gasteiger partial charge on any atom is 0.277 e. The van der Waals surface area contributed by atoms with Gasteiger partial charge in [-0.15, -0.1) is 0 Å². The van der Waals surface area contributed by atoms with Crippen LogP contribution in [0.5, 0.6) is 0 Å². The van der Waals surface area contributed by atoms with E-state index >= 15 is 0 Å². The molecule has 0 unspecified atom stereocenters. The lowest BCUT2D eigenvalue weighted by Crippen LogP contribution is -2.13. The van der Waals surface area contributed by atoms with Crippen LogP contribution in [0.3, 0.4) is 0 Å². The third-order valence-corrected chi connectivity index (χ3v) is 3.53. The smallest absolute Gasteiger partial charge is 0.277 e. The zero-order valence-corrected chi connectivity index (χ0v) is 12.0. The number of carbonyl (C=O) groups is 1. The average molecular weight is 324 g/mol. The third kappa shape index (κ3) is 2.57. The van der Waals surface area contributed by atoms with Crippen molar-refractivity contribution in [2.45, 2.75) is 0 Å². The van der Waals surface area contributed by atoms with Gasteiger partial charge >= 0.3 is 0 Å². The van der Waals surface area contributed by atoms with E-state index in [0.29, 0.717) is 11.2 Å². The van der Waals surface area contributed by atoms with Crippen molar-refractivity contribution in [1.29, 1.82) is 0 Å². The summed E-state index contributed by atoms with van der Waals surface area (Å²) in [5.74, 6) is -1.05. The highest BCUT2D eigenvalue weighted by Gasteiger charge is 2.18. The third-order valence-electron chi connectivity index (χ3n) is 2.87. The van der Waals surface area contributed by atoms with Crippen LogP contribution in [0.2, 0.25) is 10.0 Å². The maximum absolute atomic E-state index is 13.1. The second kappa shape index (κ2) is 5.35. The number of aromatic nitrogens is 2. The van der Waals surface area contributed by atoms with E-state index < -0.39 is 11.7 Å². The number of carbonyl (C=O) groups excluding carboxylic acids is 1. The molecule has 0 fully saturated rings. The molecule has 0 aliphatic carbocycles. The zero-order chi connectivity index (χ0) is 15.0. The summed E-state index contributed by atoms with van der Waals surface area (Å²) in [6.07, 6.45) is 1.69. The van der Waals surface area contributed by atoms with Gasteiger partial charge in [-0.2, -0.15) is 5.10 Å². The number of hydrogen-bond donors (Lipinski definition) is 1. The summed E-state index contributed by atoms with van der Waals surface area (Å²) in [5, 5.41) is 6.87. The van der Waals surface area contributed by atoms with E-state index in [2.05, 4.69) is 10.4 Å². The monoisotopic (exact) mass is 323 g/mol. The Bertz CT molecular complexity index is 847. The van der Waals surface area contributed by atoms with Crippen LogP contribution in [0.4, 0.5) is 10.1 Å². The number of benzene rings is 1. The minimum absolute atomic E-state index is 0.0751. The minimum atomic E-state index is -0.555. The van der Waals surface area contributed by atoms with Gasteiger partial charge in [0.25, 0.3) is 5.91 Å². The highest BCUT2D eigenvalue weighted by atomic mass is 35.5. The standard InChI is InChI=1S/C14H8Cl2FN3O/c15-9-7-8(4-5-10(9)17)18-14(21)13-12(16)11-3-1-2-6-20(11)19-13/h1-7H,(H,18,21). The Morgan fingerprint density at radius 3 is 2.76 bits per heavy atom. The van der Waals surface area contributed by atoms with E-state index in [-0.39, 0.29) is 15.7 Å². The summed E-state index contributed by atoms with van der Waals surface area (Å²) in [7, 11) is 0. The fourth-order valence-electron chi connectivity index (χ4n) is 1.88. The van der Waals surface area contributed by atoms with Gasteiger partial charge in [0.15, 0.2) is 5.69 Å². The van der Waals surface area contributed by atoms with Gasteiger partial charge in [-0.3, -0.25) is 4.79 Å². The molecule has 0 saturated heterocycles. The molecular weight excluding hydrogens is 316 g/mol. The second-order valence-corrected chi connectivity index (χ2v) is 5.06. The number of nitrogens with one attached hydrogen (secondary N) is 1. The van der Waals surface area contributed by atoms with Gasteiger partial charge < -0.3 is 5.32 Å². The zero-order valence-electron chi connectivity index (χ0n) is 10.5. The molecule has 0 saturated carbocycles. The molecule has 21 heavy (non-hydrogen) atoms. The molecule has 0 radical (unpaired) electrons. The summed E-state index contributed by atoms with van der Waals surface area (Å²) in [6, 6.07) is 9.22. The van der Waals surface area contributed by atoms with Gasteiger partial charge in [-0.05, 0) is 30.3 Å². The molecule has 0 atom stereocenters. The molecular formula is C14H8Cl2FN3O. The van der Waals surface area contributed by atoms with Crippen molar-refractivity contribution >= 4 is 40.3 Å². The normalized spacial score (nSPS) is 10.8. The molecule has 0 aliphatic rings. The van der Waals surface area contributed by atoms with Crippen molar-refractivity contribution in [3.63, 3.8) is 0 Å². The van der Waals surface area contributed by atoms with Gasteiger partial charge in [0.1, 0.15) is 5.82 Å². The molecule has 1 amide bonds. The van der Waals surface area contributed by atoms with Gasteiger partial charge in [-0.25, -0.2) is 8.91 Å². The lowest BCUT2D eigenvalue weighted by molar-refractivity contribution is 0.102. The molecule has 0 bridgehead atoms. The van der Waals surface area contributed by atoms with E-state index in [1.807, 2.05) is 0 Å². The average Bonchev–Trinajstić information content (AvgIpc) is 2.81. The van der Waals surface area contributed by atoms with Crippen molar-refractivity contribution in [3.8, 4) is 0 Å². The summed E-state index contributed by atoms with van der Waals surface area (Å²) in [4.78, 5) is 12.2. The Labute approximate surface area is 129 Å². The highest BCUT2D eigenvalue weighted by molar-refractivity contribution is 6.37. The van der Waals surface area contributed by atoms with Crippen LogP contribution in [0.1, 0.15) is 10.5 Å². The Kier molecular flexibility index (Phi) is 3.53. The first-order chi connectivity index (χ1) is 10.1. The molecule has 7 heteroatoms. The number of anilines is 1. The number of hydrogen-bond acceptors (Lipinski definition) is 2. The first-order valence-electron chi connectivity index (χ1n) is 5.95. The summed E-state index contributed by atoms with van der Waals surface area (Å²) < 4.78 is 14.6. The lowest BCUT2D eigenvalue weighted by atomic mass is 10.3. The minimum Gasteiger partial charge on any atom is -0.320 e. The molecule has 1 N–H and O–H groups in total. The number of fused-ring (bicyclic) bond motifs is 1. The molecule has 3 aromatic rings. The van der Waals surface area contributed by atoms with Crippen molar-refractivity contribution in [2.75, 3.05) is 5.32 Å². The van der Waals surface area contributed by atoms with Gasteiger partial charge in [0, 0.05) is 11.9 Å². The van der Waals surface area contributed by atoms with Gasteiger partial charge in [0.05, 0.1) is 15.6 Å². The molecule has 0 aliphatic heterocycles. The Hall–Kier alpha value is -2.11. The van der Waals surface area contributed by atoms with Crippen molar-refractivity contribution in [2.24, 2.45) is 0 Å². The quantitative estimate of drug-likeness (QED) is 0.773. The van der Waals surface area contributed by atoms with E-state index in [1.165, 1.54) is 22.7 Å². The second-order valence-electron chi connectivity index (χ2n) is 4.28. The Morgan fingerprint density at radius 1 is 1.24 bits per heavy atom. The SMILES string of the molecule is O=C(Nc1ccc(F)c(Cl)c1)c1nn2ccccc2c1Cl. The maximum atomic E-state index is 13.1. The number of pyridine rings is 1. The number of nitrogens with zero attached hydrogens (tertiary/aromatic N) is 2. The number of halogens is 3. The molecule has 0 spiro atoms. The van der Waals surface area contributed by atoms with E-state index in [4.69, 9.17) is 23.2 Å². The number of rotatable bonds is 2. The molecule has 4 nitrogen and oxygen atoms in total. The summed E-state index contributed by atoms with van der Waals surface area (Å²) in [6.45, 7) is 0. The van der Waals surface area contributed by atoms with Crippen molar-refractivity contribution in [3.05, 3.63) is 64.2 Å². The van der Waals surface area contributed by atoms with Crippen molar-refractivity contribution in [1.82, 2.24) is 9.61 Å². The Balaban J connectivity index is 1.93. The number of amides is 1. The molecule has 1 aromatic carbocycles. The van der Waals surface area contributed by atoms with E-state index in [1.54, 1.807) is 24.4 Å². The van der Waals surface area contributed by atoms with Crippen LogP contribution >= 0.6 is 23.2 Å². The van der Waals surface area contributed by atoms with Crippen LogP contribution in [0.15, 0.2) is 42.6 Å². The first kappa shape index (κ1) is 13.9. The fraction of sp³-hybridized carbons (Fsp3) is 0. The fourth-order valence-corrected chi connectivity index (χ4v) is 2.33. The van der Waals surface area contributed by atoms with Gasteiger partial charge in [-0.1, -0.05) is 29.3 Å². The van der Waals surface area contributed by atoms with Crippen LogP contribution < -0.4 is 5.32 Å². The van der Waals surface area contributed by atoms with Crippen LogP contribution in [0, 0.1) is 5.82 Å². The summed E-state index contributed by atoms with van der Waals surface area (Å²) in [5.41, 5.74) is 1.07. The predicted octanol–water partition coefficient (Wildman–Crippen LogP) is 4.03. The highest BCUT2D eigenvalue weighted by Crippen LogP contribution is 2.24. The molecule has 3 rings (SSSR count). The lowest BCUT2D eigenvalue weighted by Gasteiger charge is -2.04. The van der Waals surface area contributed by atoms with Crippen LogP contribution in [-0.2, 0) is 0 Å². The van der Waals surface area contributed by atoms with Crippen LogP contribution in [-0.4, -0.2) is 15.5 Å². The van der Waals surface area contributed by atoms with E-state index in [0.717, 1.165) is 0 Å². The first-order valence-corrected chi connectivity index (χ1v) is 6.71. The predicted molar refractivity (Wildman–Crippen MR) is 79.6 cm³/mol. The largest absolute Gasteiger partial charge is 0.320 e. The van der Waals surface area contributed by atoms with Crippen LogP contribution in [0.25, 0.3) is 5.52 Å².